The van der Waals surface area contributed by atoms with E-state index >= 15 is 0 Å². The molecule has 0 aromatic carbocycles. The maximum Gasteiger partial charge on any atom is 0.271 e. The molecule has 2 heterocycles. The van der Waals surface area contributed by atoms with Gasteiger partial charge >= 0.3 is 0 Å². The minimum Gasteiger partial charge on any atom is -0.385 e. The smallest absolute Gasteiger partial charge is 0.271 e. The summed E-state index contributed by atoms with van der Waals surface area (Å²) in [5, 5.41) is 5.86. The third-order valence-electron chi connectivity index (χ3n) is 2.87. The number of hydrogen-bond acceptors (Lipinski definition) is 6. The molecule has 0 aliphatic rings. The van der Waals surface area contributed by atoms with Crippen molar-refractivity contribution in [1.29, 1.82) is 0 Å². The normalized spacial score (nSPS) is 10.2. The van der Waals surface area contributed by atoms with Gasteiger partial charge in [-0.1, -0.05) is 6.07 Å². The molecule has 2 aromatic heterocycles. The van der Waals surface area contributed by atoms with E-state index < -0.39 is 0 Å². The van der Waals surface area contributed by atoms with Gasteiger partial charge in [0.2, 0.25) is 0 Å². The van der Waals surface area contributed by atoms with Crippen molar-refractivity contribution in [1.82, 2.24) is 20.3 Å². The maximum absolute atomic E-state index is 12.0. The number of methoxy groups -OCH3 is 1. The van der Waals surface area contributed by atoms with Gasteiger partial charge in [0.15, 0.2) is 0 Å². The first-order valence-corrected chi connectivity index (χ1v) is 7.02. The SMILES string of the molecule is COCCCNc1cnc(C(=O)NCc2ccccn2)cn1. The van der Waals surface area contributed by atoms with Crippen molar-refractivity contribution in [2.24, 2.45) is 0 Å². The Kier molecular flexibility index (Phi) is 6.25. The third kappa shape index (κ3) is 5.10. The summed E-state index contributed by atoms with van der Waals surface area (Å²) in [7, 11) is 1.66. The Bertz CT molecular complexity index is 574. The van der Waals surface area contributed by atoms with E-state index in [4.69, 9.17) is 4.74 Å². The van der Waals surface area contributed by atoms with E-state index in [2.05, 4.69) is 25.6 Å². The monoisotopic (exact) mass is 301 g/mol. The number of rotatable bonds is 8. The van der Waals surface area contributed by atoms with Crippen LogP contribution in [0.15, 0.2) is 36.8 Å². The summed E-state index contributed by atoms with van der Waals surface area (Å²) < 4.78 is 4.96. The Morgan fingerprint density at radius 2 is 2.14 bits per heavy atom. The third-order valence-corrected chi connectivity index (χ3v) is 2.87. The second kappa shape index (κ2) is 8.68. The van der Waals surface area contributed by atoms with Crippen molar-refractivity contribution < 1.29 is 9.53 Å². The predicted molar refractivity (Wildman–Crippen MR) is 82.4 cm³/mol. The van der Waals surface area contributed by atoms with Gasteiger partial charge in [-0.3, -0.25) is 9.78 Å². The fourth-order valence-electron chi connectivity index (χ4n) is 1.73. The van der Waals surface area contributed by atoms with Gasteiger partial charge < -0.3 is 15.4 Å². The summed E-state index contributed by atoms with van der Waals surface area (Å²) >= 11 is 0. The molecule has 0 fully saturated rings. The van der Waals surface area contributed by atoms with Gasteiger partial charge in [-0.2, -0.15) is 0 Å². The first kappa shape index (κ1) is 15.8. The van der Waals surface area contributed by atoms with Crippen LogP contribution >= 0.6 is 0 Å². The van der Waals surface area contributed by atoms with Crippen LogP contribution in [-0.4, -0.2) is 41.1 Å². The summed E-state index contributed by atoms with van der Waals surface area (Å²) in [6, 6.07) is 5.55. The van der Waals surface area contributed by atoms with Gasteiger partial charge in [0.1, 0.15) is 11.5 Å². The van der Waals surface area contributed by atoms with E-state index in [0.29, 0.717) is 19.0 Å². The van der Waals surface area contributed by atoms with Crippen LogP contribution in [0.1, 0.15) is 22.6 Å². The quantitative estimate of drug-likeness (QED) is 0.713. The molecule has 0 saturated heterocycles. The summed E-state index contributed by atoms with van der Waals surface area (Å²) in [5.74, 6) is 0.362. The molecule has 2 rings (SSSR count). The van der Waals surface area contributed by atoms with Crippen LogP contribution in [0.5, 0.6) is 0 Å². The molecular weight excluding hydrogens is 282 g/mol. The van der Waals surface area contributed by atoms with Crippen molar-refractivity contribution in [3.63, 3.8) is 0 Å². The molecule has 0 saturated carbocycles. The minimum absolute atomic E-state index is 0.274. The number of carbonyl (C=O) groups excluding carboxylic acids is 1. The Balaban J connectivity index is 1.80. The highest BCUT2D eigenvalue weighted by molar-refractivity contribution is 5.91. The average molecular weight is 301 g/mol. The lowest BCUT2D eigenvalue weighted by Crippen LogP contribution is -2.24. The van der Waals surface area contributed by atoms with Crippen LogP contribution < -0.4 is 10.6 Å². The highest BCUT2D eigenvalue weighted by atomic mass is 16.5. The largest absolute Gasteiger partial charge is 0.385 e. The van der Waals surface area contributed by atoms with Crippen molar-refractivity contribution in [2.75, 3.05) is 25.6 Å². The molecular formula is C15H19N5O2. The number of nitrogens with zero attached hydrogens (tertiary/aromatic N) is 3. The molecule has 0 radical (unpaired) electrons. The molecule has 0 aliphatic carbocycles. The number of nitrogens with one attached hydrogen (secondary N) is 2. The predicted octanol–water partition coefficient (Wildman–Crippen LogP) is 1.25. The Labute approximate surface area is 129 Å². The van der Waals surface area contributed by atoms with Crippen LogP contribution in [0.2, 0.25) is 0 Å². The van der Waals surface area contributed by atoms with Crippen LogP contribution in [0, 0.1) is 0 Å². The topological polar surface area (TPSA) is 89.0 Å². The molecule has 2 N–H and O–H groups in total. The standard InChI is InChI=1S/C15H19N5O2/c1-22-8-4-7-17-14-11-18-13(10-19-14)15(21)20-9-12-5-2-3-6-16-12/h2-3,5-6,10-11H,4,7-9H2,1H3,(H,17,19)(H,20,21). The van der Waals surface area contributed by atoms with E-state index in [-0.39, 0.29) is 11.6 Å². The van der Waals surface area contributed by atoms with Gasteiger partial charge in [-0.25, -0.2) is 9.97 Å². The van der Waals surface area contributed by atoms with Gasteiger partial charge in [0, 0.05) is 26.5 Å². The molecule has 116 valence electrons. The zero-order valence-corrected chi connectivity index (χ0v) is 12.5. The second-order valence-electron chi connectivity index (χ2n) is 4.56. The summed E-state index contributed by atoms with van der Waals surface area (Å²) in [5.41, 5.74) is 1.07. The fourth-order valence-corrected chi connectivity index (χ4v) is 1.73. The van der Waals surface area contributed by atoms with Crippen LogP contribution in [0.25, 0.3) is 0 Å². The van der Waals surface area contributed by atoms with Gasteiger partial charge in [0.25, 0.3) is 5.91 Å². The van der Waals surface area contributed by atoms with E-state index in [9.17, 15) is 4.79 Å². The second-order valence-corrected chi connectivity index (χ2v) is 4.56. The highest BCUT2D eigenvalue weighted by Gasteiger charge is 2.07. The van der Waals surface area contributed by atoms with Crippen LogP contribution in [0.3, 0.4) is 0 Å². The minimum atomic E-state index is -0.274. The number of hydrogen-bond donors (Lipinski definition) is 2. The summed E-state index contributed by atoms with van der Waals surface area (Å²) in [6.07, 6.45) is 5.56. The van der Waals surface area contributed by atoms with E-state index in [1.165, 1.54) is 6.20 Å². The number of ether oxygens (including phenoxy) is 1. The summed E-state index contributed by atoms with van der Waals surface area (Å²) in [4.78, 5) is 24.3. The number of pyridine rings is 1. The van der Waals surface area contributed by atoms with Crippen LogP contribution in [-0.2, 0) is 11.3 Å². The van der Waals surface area contributed by atoms with Gasteiger partial charge in [-0.15, -0.1) is 0 Å². The summed E-state index contributed by atoms with van der Waals surface area (Å²) in [6.45, 7) is 1.79. The average Bonchev–Trinajstić information content (AvgIpc) is 2.58. The first-order chi connectivity index (χ1) is 10.8. The number of anilines is 1. The van der Waals surface area contributed by atoms with Crippen LogP contribution in [0.4, 0.5) is 5.82 Å². The lowest BCUT2D eigenvalue weighted by molar-refractivity contribution is 0.0945. The Morgan fingerprint density at radius 1 is 1.23 bits per heavy atom. The molecule has 22 heavy (non-hydrogen) atoms. The molecule has 0 aliphatic heterocycles. The molecule has 0 spiro atoms. The van der Waals surface area contributed by atoms with Gasteiger partial charge in [-0.05, 0) is 18.6 Å². The molecule has 0 bridgehead atoms. The zero-order chi connectivity index (χ0) is 15.6. The van der Waals surface area contributed by atoms with E-state index in [0.717, 1.165) is 18.7 Å². The lowest BCUT2D eigenvalue weighted by Gasteiger charge is -2.06. The molecule has 2 aromatic rings. The lowest BCUT2D eigenvalue weighted by atomic mass is 10.3. The number of amides is 1. The number of aromatic nitrogens is 3. The van der Waals surface area contributed by atoms with Crippen molar-refractivity contribution in [3.8, 4) is 0 Å². The molecule has 7 nitrogen and oxygen atoms in total. The first-order valence-electron chi connectivity index (χ1n) is 7.02. The number of carbonyl (C=O) groups is 1. The zero-order valence-electron chi connectivity index (χ0n) is 12.5. The van der Waals surface area contributed by atoms with E-state index in [1.807, 2.05) is 18.2 Å². The van der Waals surface area contributed by atoms with Crippen molar-refractivity contribution >= 4 is 11.7 Å². The maximum atomic E-state index is 12.0. The highest BCUT2D eigenvalue weighted by Crippen LogP contribution is 2.02. The van der Waals surface area contributed by atoms with Crippen molar-refractivity contribution in [3.05, 3.63) is 48.2 Å². The van der Waals surface area contributed by atoms with Crippen molar-refractivity contribution in [2.45, 2.75) is 13.0 Å². The van der Waals surface area contributed by atoms with Gasteiger partial charge in [0.05, 0.1) is 24.6 Å². The Hall–Kier alpha value is -2.54. The fraction of sp³-hybridized carbons (Fsp3) is 0.333. The van der Waals surface area contributed by atoms with E-state index in [1.54, 1.807) is 19.5 Å². The molecule has 1 amide bonds. The molecule has 7 heteroatoms. The molecule has 0 unspecified atom stereocenters. The molecule has 0 atom stereocenters. The Morgan fingerprint density at radius 3 is 2.82 bits per heavy atom.